The molecule has 0 amide bonds. The summed E-state index contributed by atoms with van der Waals surface area (Å²) in [6.45, 7) is 2.32. The Kier molecular flexibility index (Phi) is 7.90. The lowest BCUT2D eigenvalue weighted by Crippen LogP contribution is -2.13. The van der Waals surface area contributed by atoms with Gasteiger partial charge in [-0.3, -0.25) is 0 Å². The van der Waals surface area contributed by atoms with Crippen LogP contribution in [0.3, 0.4) is 0 Å². The first-order chi connectivity index (χ1) is 7.74. The SMILES string of the molecule is OCCCCCCNCc1cc(Br)c(Br)s1. The summed E-state index contributed by atoms with van der Waals surface area (Å²) in [6, 6.07) is 2.15. The van der Waals surface area contributed by atoms with Crippen molar-refractivity contribution in [1.29, 1.82) is 0 Å². The highest BCUT2D eigenvalue weighted by atomic mass is 79.9. The molecular weight excluding hydrogens is 354 g/mol. The van der Waals surface area contributed by atoms with Crippen molar-refractivity contribution < 1.29 is 5.11 Å². The third kappa shape index (κ3) is 5.77. The summed E-state index contributed by atoms with van der Waals surface area (Å²) in [4.78, 5) is 1.34. The minimum absolute atomic E-state index is 0.324. The second-order valence-electron chi connectivity index (χ2n) is 3.65. The van der Waals surface area contributed by atoms with Crippen molar-refractivity contribution in [3.63, 3.8) is 0 Å². The maximum absolute atomic E-state index is 8.62. The van der Waals surface area contributed by atoms with Gasteiger partial charge in [0.05, 0.1) is 3.79 Å². The Morgan fingerprint density at radius 3 is 2.56 bits per heavy atom. The summed E-state index contributed by atoms with van der Waals surface area (Å²) >= 11 is 8.73. The van der Waals surface area contributed by atoms with Gasteiger partial charge >= 0.3 is 0 Å². The molecule has 1 rings (SSSR count). The molecule has 0 bridgehead atoms. The van der Waals surface area contributed by atoms with Crippen LogP contribution in [-0.2, 0) is 6.54 Å². The fourth-order valence-electron chi connectivity index (χ4n) is 1.41. The molecule has 2 nitrogen and oxygen atoms in total. The van der Waals surface area contributed by atoms with Gasteiger partial charge < -0.3 is 10.4 Å². The van der Waals surface area contributed by atoms with Gasteiger partial charge in [0.2, 0.25) is 0 Å². The van der Waals surface area contributed by atoms with Crippen LogP contribution in [0.25, 0.3) is 0 Å². The van der Waals surface area contributed by atoms with E-state index in [9.17, 15) is 0 Å². The lowest BCUT2D eigenvalue weighted by Gasteiger charge is -2.02. The van der Waals surface area contributed by atoms with E-state index in [0.717, 1.165) is 34.2 Å². The Hall–Kier alpha value is 0.580. The van der Waals surface area contributed by atoms with Crippen molar-refractivity contribution in [2.45, 2.75) is 32.2 Å². The fraction of sp³-hybridized carbons (Fsp3) is 0.636. The Morgan fingerprint density at radius 2 is 1.94 bits per heavy atom. The molecule has 0 aliphatic carbocycles. The molecular formula is C11H17Br2NOS. The number of halogens is 2. The van der Waals surface area contributed by atoms with Crippen LogP contribution in [0.1, 0.15) is 30.6 Å². The molecule has 0 unspecified atom stereocenters. The minimum Gasteiger partial charge on any atom is -0.396 e. The molecule has 0 aromatic carbocycles. The van der Waals surface area contributed by atoms with Crippen LogP contribution in [0.4, 0.5) is 0 Å². The van der Waals surface area contributed by atoms with E-state index in [1.165, 1.54) is 17.7 Å². The molecule has 92 valence electrons. The van der Waals surface area contributed by atoms with E-state index in [2.05, 4.69) is 43.2 Å². The number of hydrogen-bond donors (Lipinski definition) is 2. The second-order valence-corrected chi connectivity index (χ2v) is 6.96. The Morgan fingerprint density at radius 1 is 1.19 bits per heavy atom. The first-order valence-corrected chi connectivity index (χ1v) is 7.89. The summed E-state index contributed by atoms with van der Waals surface area (Å²) in [5.74, 6) is 0. The number of nitrogens with one attached hydrogen (secondary N) is 1. The van der Waals surface area contributed by atoms with Gasteiger partial charge in [0.1, 0.15) is 0 Å². The molecule has 0 fully saturated rings. The first-order valence-electron chi connectivity index (χ1n) is 5.49. The van der Waals surface area contributed by atoms with E-state index >= 15 is 0 Å². The van der Waals surface area contributed by atoms with Crippen LogP contribution in [0.15, 0.2) is 14.3 Å². The van der Waals surface area contributed by atoms with Gasteiger partial charge in [-0.05, 0) is 57.3 Å². The van der Waals surface area contributed by atoms with Gasteiger partial charge in [-0.1, -0.05) is 12.8 Å². The van der Waals surface area contributed by atoms with E-state index in [1.807, 2.05) is 0 Å². The Labute approximate surface area is 118 Å². The average molecular weight is 371 g/mol. The van der Waals surface area contributed by atoms with Crippen molar-refractivity contribution in [1.82, 2.24) is 5.32 Å². The predicted octanol–water partition coefficient (Wildman–Crippen LogP) is 3.92. The summed E-state index contributed by atoms with van der Waals surface area (Å²) < 4.78 is 2.30. The molecule has 0 saturated heterocycles. The van der Waals surface area contributed by atoms with Gasteiger partial charge in [-0.25, -0.2) is 0 Å². The number of thiophene rings is 1. The average Bonchev–Trinajstić information content (AvgIpc) is 2.57. The van der Waals surface area contributed by atoms with Gasteiger partial charge in [0, 0.05) is 22.5 Å². The molecule has 0 saturated carbocycles. The first kappa shape index (κ1) is 14.6. The molecule has 16 heavy (non-hydrogen) atoms. The fourth-order valence-corrected chi connectivity index (χ4v) is 3.55. The van der Waals surface area contributed by atoms with Gasteiger partial charge in [-0.15, -0.1) is 11.3 Å². The lowest BCUT2D eigenvalue weighted by atomic mass is 10.2. The quantitative estimate of drug-likeness (QED) is 0.680. The third-order valence-electron chi connectivity index (χ3n) is 2.26. The van der Waals surface area contributed by atoms with Gasteiger partial charge in [0.15, 0.2) is 0 Å². The summed E-state index contributed by atoms with van der Waals surface area (Å²) in [5.41, 5.74) is 0. The van der Waals surface area contributed by atoms with Crippen LogP contribution in [0, 0.1) is 0 Å². The molecule has 0 aliphatic heterocycles. The highest BCUT2D eigenvalue weighted by Crippen LogP contribution is 2.32. The van der Waals surface area contributed by atoms with E-state index in [-0.39, 0.29) is 0 Å². The van der Waals surface area contributed by atoms with Crippen molar-refractivity contribution in [3.05, 3.63) is 19.2 Å². The zero-order valence-corrected chi connectivity index (χ0v) is 13.1. The number of aliphatic hydroxyl groups excluding tert-OH is 1. The second kappa shape index (κ2) is 8.64. The van der Waals surface area contributed by atoms with Crippen LogP contribution in [0.2, 0.25) is 0 Å². The zero-order valence-electron chi connectivity index (χ0n) is 9.14. The molecule has 0 radical (unpaired) electrons. The number of hydrogen-bond acceptors (Lipinski definition) is 3. The predicted molar refractivity (Wildman–Crippen MR) is 77.0 cm³/mol. The lowest BCUT2D eigenvalue weighted by molar-refractivity contribution is 0.282. The van der Waals surface area contributed by atoms with E-state index in [0.29, 0.717) is 6.61 Å². The molecule has 0 spiro atoms. The monoisotopic (exact) mass is 369 g/mol. The molecule has 0 aliphatic rings. The molecule has 1 heterocycles. The highest BCUT2D eigenvalue weighted by molar-refractivity contribution is 9.13. The Balaban J connectivity index is 2.03. The van der Waals surface area contributed by atoms with Crippen molar-refractivity contribution in [2.75, 3.05) is 13.2 Å². The summed E-state index contributed by atoms with van der Waals surface area (Å²) in [6.07, 6.45) is 4.46. The normalized spacial score (nSPS) is 10.9. The van der Waals surface area contributed by atoms with Crippen molar-refractivity contribution in [3.8, 4) is 0 Å². The van der Waals surface area contributed by atoms with Crippen LogP contribution in [0.5, 0.6) is 0 Å². The Bertz CT molecular complexity index is 285. The molecule has 1 aromatic rings. The summed E-state index contributed by atoms with van der Waals surface area (Å²) in [5, 5.41) is 12.0. The molecule has 0 atom stereocenters. The topological polar surface area (TPSA) is 32.3 Å². The van der Waals surface area contributed by atoms with Crippen molar-refractivity contribution >= 4 is 43.2 Å². The smallest absolute Gasteiger partial charge is 0.0843 e. The van der Waals surface area contributed by atoms with Crippen LogP contribution < -0.4 is 5.32 Å². The minimum atomic E-state index is 0.324. The molecule has 2 N–H and O–H groups in total. The van der Waals surface area contributed by atoms with Crippen LogP contribution in [-0.4, -0.2) is 18.3 Å². The molecule has 5 heteroatoms. The van der Waals surface area contributed by atoms with Gasteiger partial charge in [0.25, 0.3) is 0 Å². The van der Waals surface area contributed by atoms with Gasteiger partial charge in [-0.2, -0.15) is 0 Å². The van der Waals surface area contributed by atoms with E-state index < -0.39 is 0 Å². The molecule has 1 aromatic heterocycles. The number of rotatable bonds is 8. The third-order valence-corrected chi connectivity index (χ3v) is 5.51. The van der Waals surface area contributed by atoms with Crippen molar-refractivity contribution in [2.24, 2.45) is 0 Å². The maximum atomic E-state index is 8.62. The standard InChI is InChI=1S/C11H17Br2NOS/c12-10-7-9(16-11(10)13)8-14-5-3-1-2-4-6-15/h7,14-15H,1-6,8H2. The zero-order chi connectivity index (χ0) is 11.8. The largest absolute Gasteiger partial charge is 0.396 e. The van der Waals surface area contributed by atoms with Crippen LogP contribution >= 0.6 is 43.2 Å². The van der Waals surface area contributed by atoms with E-state index in [4.69, 9.17) is 5.11 Å². The number of aliphatic hydroxyl groups is 1. The number of unbranched alkanes of at least 4 members (excludes halogenated alkanes) is 3. The maximum Gasteiger partial charge on any atom is 0.0843 e. The highest BCUT2D eigenvalue weighted by Gasteiger charge is 2.02. The van der Waals surface area contributed by atoms with E-state index in [1.54, 1.807) is 11.3 Å². The summed E-state index contributed by atoms with van der Waals surface area (Å²) in [7, 11) is 0.